The minimum absolute atomic E-state index is 0.396. The normalized spacial score (nSPS) is 14.0. The third-order valence-corrected chi connectivity index (χ3v) is 3.25. The summed E-state index contributed by atoms with van der Waals surface area (Å²) in [7, 11) is 4.88. The Bertz CT molecular complexity index is 415. The Morgan fingerprint density at radius 3 is 2.47 bits per heavy atom. The van der Waals surface area contributed by atoms with E-state index in [9.17, 15) is 5.11 Å². The van der Waals surface area contributed by atoms with E-state index in [1.807, 2.05) is 7.05 Å². The highest BCUT2D eigenvalue weighted by Gasteiger charge is 2.22. The number of nitrogens with two attached hydrogens (primary N) is 1. The van der Waals surface area contributed by atoms with Crippen molar-refractivity contribution in [2.45, 2.75) is 18.6 Å². The number of hydrogen-bond acceptors (Lipinski definition) is 5. The molecule has 0 fully saturated rings. The number of aliphatic hydroxyl groups is 1. The number of hydrogen-bond donors (Lipinski definition) is 3. The molecule has 108 valence electrons. The average molecular weight is 289 g/mol. The Morgan fingerprint density at radius 1 is 1.32 bits per heavy atom. The highest BCUT2D eigenvalue weighted by molar-refractivity contribution is 6.32. The molecule has 0 aliphatic rings. The van der Waals surface area contributed by atoms with Crippen LogP contribution in [-0.4, -0.2) is 39.0 Å². The van der Waals surface area contributed by atoms with Gasteiger partial charge in [0.05, 0.1) is 25.3 Å². The van der Waals surface area contributed by atoms with Crippen molar-refractivity contribution in [3.8, 4) is 11.5 Å². The minimum atomic E-state index is -0.838. The summed E-state index contributed by atoms with van der Waals surface area (Å²) in [5.41, 5.74) is 6.55. The Hall–Kier alpha value is -1.01. The first-order chi connectivity index (χ1) is 9.04. The van der Waals surface area contributed by atoms with E-state index in [-0.39, 0.29) is 0 Å². The molecule has 19 heavy (non-hydrogen) atoms. The molecular weight excluding hydrogens is 268 g/mol. The van der Waals surface area contributed by atoms with Crippen LogP contribution in [0.2, 0.25) is 5.02 Å². The van der Waals surface area contributed by atoms with Crippen molar-refractivity contribution < 1.29 is 14.6 Å². The van der Waals surface area contributed by atoms with Crippen molar-refractivity contribution in [2.24, 2.45) is 5.73 Å². The number of aliphatic hydroxyl groups excluding tert-OH is 1. The van der Waals surface area contributed by atoms with Crippen LogP contribution in [0.25, 0.3) is 0 Å². The van der Waals surface area contributed by atoms with E-state index < -0.39 is 12.1 Å². The highest BCUT2D eigenvalue weighted by Crippen LogP contribution is 2.36. The fraction of sp³-hybridized carbons (Fsp3) is 0.538. The summed E-state index contributed by atoms with van der Waals surface area (Å²) in [5.74, 6) is 0.982. The van der Waals surface area contributed by atoms with Gasteiger partial charge in [-0.25, -0.2) is 0 Å². The molecule has 4 N–H and O–H groups in total. The molecule has 0 saturated carbocycles. The number of ether oxygens (including phenoxy) is 2. The van der Waals surface area contributed by atoms with E-state index in [1.165, 1.54) is 14.2 Å². The molecule has 0 saturated heterocycles. The summed E-state index contributed by atoms with van der Waals surface area (Å²) in [5, 5.41) is 13.7. The van der Waals surface area contributed by atoms with E-state index >= 15 is 0 Å². The smallest absolute Gasteiger partial charge is 0.138 e. The predicted octanol–water partition coefficient (Wildman–Crippen LogP) is 1.33. The largest absolute Gasteiger partial charge is 0.496 e. The summed E-state index contributed by atoms with van der Waals surface area (Å²) in [6.07, 6.45) is -0.194. The molecule has 0 aromatic heterocycles. The summed E-state index contributed by atoms with van der Waals surface area (Å²) >= 11 is 6.02. The molecule has 2 unspecified atom stereocenters. The van der Waals surface area contributed by atoms with E-state index in [2.05, 4.69) is 5.32 Å². The molecule has 1 aromatic rings. The molecule has 0 aliphatic heterocycles. The number of rotatable bonds is 7. The molecule has 0 radical (unpaired) electrons. The van der Waals surface area contributed by atoms with Crippen LogP contribution in [0, 0.1) is 0 Å². The van der Waals surface area contributed by atoms with E-state index in [0.29, 0.717) is 28.5 Å². The van der Waals surface area contributed by atoms with Gasteiger partial charge >= 0.3 is 0 Å². The lowest BCUT2D eigenvalue weighted by Crippen LogP contribution is -2.31. The maximum Gasteiger partial charge on any atom is 0.138 e. The van der Waals surface area contributed by atoms with Crippen molar-refractivity contribution in [3.63, 3.8) is 0 Å². The number of benzene rings is 1. The van der Waals surface area contributed by atoms with Gasteiger partial charge in [0.15, 0.2) is 0 Å². The second kappa shape index (κ2) is 7.55. The Balaban J connectivity index is 3.02. The maximum absolute atomic E-state index is 10.3. The molecule has 2 atom stereocenters. The van der Waals surface area contributed by atoms with Crippen LogP contribution >= 0.6 is 11.6 Å². The second-order valence-corrected chi connectivity index (χ2v) is 4.64. The summed E-state index contributed by atoms with van der Waals surface area (Å²) in [6, 6.07) is 2.88. The summed E-state index contributed by atoms with van der Waals surface area (Å²) < 4.78 is 10.4. The lowest BCUT2D eigenvalue weighted by Gasteiger charge is -2.22. The van der Waals surface area contributed by atoms with Crippen LogP contribution < -0.4 is 20.5 Å². The zero-order valence-corrected chi connectivity index (χ0v) is 12.2. The van der Waals surface area contributed by atoms with Gasteiger partial charge in [-0.05, 0) is 26.1 Å². The molecule has 1 rings (SSSR count). The van der Waals surface area contributed by atoms with Crippen LogP contribution in [0.15, 0.2) is 12.1 Å². The zero-order chi connectivity index (χ0) is 14.4. The van der Waals surface area contributed by atoms with E-state index in [0.717, 1.165) is 6.54 Å². The van der Waals surface area contributed by atoms with Crippen molar-refractivity contribution in [1.29, 1.82) is 0 Å². The van der Waals surface area contributed by atoms with Gasteiger partial charge in [-0.2, -0.15) is 0 Å². The van der Waals surface area contributed by atoms with Crippen LogP contribution in [0.1, 0.15) is 18.1 Å². The first-order valence-electron chi connectivity index (χ1n) is 6.04. The lowest BCUT2D eigenvalue weighted by atomic mass is 9.99. The lowest BCUT2D eigenvalue weighted by molar-refractivity contribution is 0.138. The summed E-state index contributed by atoms with van der Waals surface area (Å²) in [6.45, 7) is 0.727. The fourth-order valence-electron chi connectivity index (χ4n) is 1.81. The minimum Gasteiger partial charge on any atom is -0.496 e. The van der Waals surface area contributed by atoms with Gasteiger partial charge < -0.3 is 25.6 Å². The Morgan fingerprint density at radius 2 is 1.95 bits per heavy atom. The van der Waals surface area contributed by atoms with E-state index in [4.69, 9.17) is 26.8 Å². The molecular formula is C13H21ClN2O3. The molecule has 6 heteroatoms. The molecule has 1 aromatic carbocycles. The SMILES string of the molecule is CNCCC(N)C(O)c1cc(OC)c(Cl)cc1OC. The van der Waals surface area contributed by atoms with Crippen LogP contribution in [0.5, 0.6) is 11.5 Å². The monoisotopic (exact) mass is 288 g/mol. The molecule has 0 bridgehead atoms. The first kappa shape index (κ1) is 16.0. The van der Waals surface area contributed by atoms with Gasteiger partial charge in [0.25, 0.3) is 0 Å². The Labute approximate surface area is 118 Å². The average Bonchev–Trinajstić information content (AvgIpc) is 2.43. The van der Waals surface area contributed by atoms with Crippen molar-refractivity contribution in [1.82, 2.24) is 5.32 Å². The zero-order valence-electron chi connectivity index (χ0n) is 11.4. The molecule has 0 heterocycles. The van der Waals surface area contributed by atoms with Crippen molar-refractivity contribution in [2.75, 3.05) is 27.8 Å². The molecule has 0 amide bonds. The maximum atomic E-state index is 10.3. The van der Waals surface area contributed by atoms with Crippen molar-refractivity contribution in [3.05, 3.63) is 22.7 Å². The first-order valence-corrected chi connectivity index (χ1v) is 6.42. The number of halogens is 1. The van der Waals surface area contributed by atoms with Crippen LogP contribution in [0.3, 0.4) is 0 Å². The Kier molecular flexibility index (Phi) is 6.37. The van der Waals surface area contributed by atoms with Crippen LogP contribution in [-0.2, 0) is 0 Å². The predicted molar refractivity (Wildman–Crippen MR) is 76.0 cm³/mol. The fourth-order valence-corrected chi connectivity index (χ4v) is 2.05. The standard InChI is InChI=1S/C13H21ClN2O3/c1-16-5-4-10(15)13(17)8-6-12(19-3)9(14)7-11(8)18-2/h6-7,10,13,16-17H,4-5,15H2,1-3H3. The number of methoxy groups -OCH3 is 2. The van der Waals surface area contributed by atoms with E-state index in [1.54, 1.807) is 12.1 Å². The summed E-state index contributed by atoms with van der Waals surface area (Å²) in [4.78, 5) is 0. The highest BCUT2D eigenvalue weighted by atomic mass is 35.5. The van der Waals surface area contributed by atoms with Gasteiger partial charge in [-0.15, -0.1) is 0 Å². The third-order valence-electron chi connectivity index (χ3n) is 2.96. The van der Waals surface area contributed by atoms with Gasteiger partial charge in [0.2, 0.25) is 0 Å². The number of nitrogens with one attached hydrogen (secondary N) is 1. The molecule has 0 spiro atoms. The quantitative estimate of drug-likeness (QED) is 0.706. The third kappa shape index (κ3) is 3.98. The van der Waals surface area contributed by atoms with Crippen LogP contribution in [0.4, 0.5) is 0 Å². The second-order valence-electron chi connectivity index (χ2n) is 4.23. The van der Waals surface area contributed by atoms with Crippen molar-refractivity contribution >= 4 is 11.6 Å². The molecule has 5 nitrogen and oxygen atoms in total. The van der Waals surface area contributed by atoms with Gasteiger partial charge in [-0.1, -0.05) is 11.6 Å². The van der Waals surface area contributed by atoms with Gasteiger partial charge in [0, 0.05) is 17.7 Å². The van der Waals surface area contributed by atoms with Gasteiger partial charge in [0.1, 0.15) is 11.5 Å². The topological polar surface area (TPSA) is 76.7 Å². The molecule has 0 aliphatic carbocycles. The van der Waals surface area contributed by atoms with Gasteiger partial charge in [-0.3, -0.25) is 0 Å².